The first kappa shape index (κ1) is 30.2. The molecule has 45 heavy (non-hydrogen) atoms. The summed E-state index contributed by atoms with van der Waals surface area (Å²) in [5, 5.41) is 0. The maximum atomic E-state index is 15.8. The van der Waals surface area contributed by atoms with E-state index in [1.807, 2.05) is 0 Å². The van der Waals surface area contributed by atoms with Crippen LogP contribution in [0.25, 0.3) is 22.3 Å². The molecule has 0 amide bonds. The van der Waals surface area contributed by atoms with Gasteiger partial charge in [0.05, 0.1) is 25.9 Å². The van der Waals surface area contributed by atoms with Gasteiger partial charge in [0, 0.05) is 0 Å². The van der Waals surface area contributed by atoms with Crippen molar-refractivity contribution >= 4 is 49.7 Å². The first-order valence-electron chi connectivity index (χ1n) is 12.9. The Bertz CT molecular complexity index is 1940. The number of phosphoric ester groups is 2. The van der Waals surface area contributed by atoms with E-state index in [4.69, 9.17) is 39.0 Å². The number of imidazole rings is 2. The Morgan fingerprint density at radius 3 is 1.96 bits per heavy atom. The van der Waals surface area contributed by atoms with Crippen molar-refractivity contribution in [2.24, 2.45) is 0 Å². The van der Waals surface area contributed by atoms with Gasteiger partial charge in [-0.1, -0.05) is 0 Å². The molecule has 7 heterocycles. The number of nitrogens with one attached hydrogen (secondary N) is 1. The standard InChI is InChI=1S/C20H22F2N10O11P2/c21-8-6-1-38-45(36,37)43-13-9(22)7(41-19(13)32-5-28-11-16(32)29-20(24)30-17(11)33)2-39-44(34,35)42-12(8)18(40-6)31-4-27-10-14(23)25-3-26-15(10)31/h3-9,12-13,18-19H,1-2H2,(H,34,35)(H,36,37)(H2,23,25,26)(H3,24,29,30,33)/t6-,7-,8-,9-,12-,13-,18-,19-/m1/s1. The lowest BCUT2D eigenvalue weighted by Crippen LogP contribution is -2.35. The fourth-order valence-electron chi connectivity index (χ4n) is 5.22. The predicted octanol–water partition coefficient (Wildman–Crippen LogP) is -0.387. The number of nitrogen functional groups attached to an aromatic ring is 2. The number of ether oxygens (including phenoxy) is 2. The van der Waals surface area contributed by atoms with Gasteiger partial charge in [-0.25, -0.2) is 37.8 Å². The Labute approximate surface area is 247 Å². The lowest BCUT2D eigenvalue weighted by Gasteiger charge is -2.24. The number of hydrogen-bond donors (Lipinski definition) is 5. The van der Waals surface area contributed by atoms with E-state index in [9.17, 15) is 23.7 Å². The molecule has 7 rings (SSSR count). The van der Waals surface area contributed by atoms with E-state index in [-0.39, 0.29) is 34.1 Å². The van der Waals surface area contributed by atoms with E-state index >= 15 is 8.78 Å². The Kier molecular flexibility index (Phi) is 7.24. The maximum absolute atomic E-state index is 15.8. The minimum atomic E-state index is -5.23. The summed E-state index contributed by atoms with van der Waals surface area (Å²) in [5.41, 5.74) is 10.4. The molecule has 7 N–H and O–H groups in total. The molecule has 25 heteroatoms. The fourth-order valence-corrected chi connectivity index (χ4v) is 7.07. The quantitative estimate of drug-likeness (QED) is 0.169. The van der Waals surface area contributed by atoms with Crippen LogP contribution in [-0.2, 0) is 36.7 Å². The molecule has 2 unspecified atom stereocenters. The Hall–Kier alpha value is -3.50. The van der Waals surface area contributed by atoms with Crippen molar-refractivity contribution in [3.05, 3.63) is 29.3 Å². The molecule has 3 fully saturated rings. The van der Waals surface area contributed by atoms with E-state index in [2.05, 4.69) is 29.9 Å². The number of nitrogens with zero attached hydrogens (tertiary/aromatic N) is 7. The highest BCUT2D eigenvalue weighted by atomic mass is 31.2. The Morgan fingerprint density at radius 1 is 0.844 bits per heavy atom. The van der Waals surface area contributed by atoms with Gasteiger partial charge in [0.1, 0.15) is 36.3 Å². The van der Waals surface area contributed by atoms with Gasteiger partial charge in [0.25, 0.3) is 5.56 Å². The summed E-state index contributed by atoms with van der Waals surface area (Å²) >= 11 is 0. The number of halogens is 2. The highest BCUT2D eigenvalue weighted by Gasteiger charge is 2.55. The normalized spacial score (nSPS) is 37.7. The third-order valence-electron chi connectivity index (χ3n) is 7.23. The largest absolute Gasteiger partial charge is 0.472 e. The van der Waals surface area contributed by atoms with Crippen molar-refractivity contribution in [2.75, 3.05) is 24.7 Å². The maximum Gasteiger partial charge on any atom is 0.472 e. The molecule has 3 saturated heterocycles. The van der Waals surface area contributed by atoms with E-state index in [0.29, 0.717) is 0 Å². The lowest BCUT2D eigenvalue weighted by molar-refractivity contribution is -0.0671. The van der Waals surface area contributed by atoms with E-state index < -0.39 is 83.6 Å². The van der Waals surface area contributed by atoms with Crippen LogP contribution >= 0.6 is 15.6 Å². The van der Waals surface area contributed by atoms with Crippen molar-refractivity contribution in [1.82, 2.24) is 39.0 Å². The Morgan fingerprint density at radius 2 is 1.38 bits per heavy atom. The van der Waals surface area contributed by atoms with Crippen LogP contribution in [0.5, 0.6) is 0 Å². The summed E-state index contributed by atoms with van der Waals surface area (Å²) in [5.74, 6) is -0.356. The van der Waals surface area contributed by atoms with Gasteiger partial charge in [0.2, 0.25) is 5.95 Å². The number of nitrogens with two attached hydrogens (primary N) is 2. The molecule has 4 bridgehead atoms. The monoisotopic (exact) mass is 678 g/mol. The summed E-state index contributed by atoms with van der Waals surface area (Å²) in [6.07, 6.45) is -11.9. The number of aromatic amines is 1. The van der Waals surface area contributed by atoms with E-state index in [1.54, 1.807) is 0 Å². The molecule has 3 aliphatic rings. The van der Waals surface area contributed by atoms with Crippen LogP contribution in [0.15, 0.2) is 23.8 Å². The highest BCUT2D eigenvalue weighted by Crippen LogP contribution is 2.54. The van der Waals surface area contributed by atoms with Crippen molar-refractivity contribution in [2.45, 2.75) is 49.2 Å². The first-order valence-corrected chi connectivity index (χ1v) is 15.9. The molecule has 0 saturated carbocycles. The SMILES string of the molecule is Nc1nc2c(ncn2[C@@H]2O[C@@H]3COP(=O)(O)O[C@@H]4[C@H](F)[C@@H](COP(=O)(O)O[C@@H]2[C@@H]3F)O[C@H]4n2cnc3c(N)ncnc32)c(=O)[nH]1. The third-order valence-corrected chi connectivity index (χ3v) is 9.20. The number of rotatable bonds is 2. The zero-order valence-electron chi connectivity index (χ0n) is 22.3. The summed E-state index contributed by atoms with van der Waals surface area (Å²) in [4.78, 5) is 55.3. The first-order chi connectivity index (χ1) is 21.3. The number of hydrogen-bond acceptors (Lipinski definition) is 16. The topological polar surface area (TPSA) is 289 Å². The van der Waals surface area contributed by atoms with Gasteiger partial charge < -0.3 is 30.7 Å². The van der Waals surface area contributed by atoms with Crippen LogP contribution in [0.2, 0.25) is 0 Å². The van der Waals surface area contributed by atoms with Gasteiger partial charge in [0.15, 0.2) is 47.4 Å². The molecule has 10 atom stereocenters. The van der Waals surface area contributed by atoms with Crippen LogP contribution in [0.1, 0.15) is 12.5 Å². The smallest absolute Gasteiger partial charge is 0.382 e. The molecule has 4 aromatic heterocycles. The van der Waals surface area contributed by atoms with Gasteiger partial charge in [-0.3, -0.25) is 37.0 Å². The molecule has 3 aliphatic heterocycles. The second-order valence-corrected chi connectivity index (χ2v) is 12.9. The summed E-state index contributed by atoms with van der Waals surface area (Å²) in [7, 11) is -10.4. The number of anilines is 2. The van der Waals surface area contributed by atoms with Crippen LogP contribution in [0.3, 0.4) is 0 Å². The van der Waals surface area contributed by atoms with Crippen molar-refractivity contribution in [3.63, 3.8) is 0 Å². The average molecular weight is 678 g/mol. The molecule has 0 aliphatic carbocycles. The molecule has 0 spiro atoms. The second-order valence-electron chi connectivity index (χ2n) is 10.0. The van der Waals surface area contributed by atoms with E-state index in [0.717, 1.165) is 28.1 Å². The zero-order chi connectivity index (χ0) is 31.8. The molecule has 4 aromatic rings. The molecule has 242 valence electrons. The van der Waals surface area contributed by atoms with Gasteiger partial charge >= 0.3 is 15.6 Å². The number of alkyl halides is 2. The summed E-state index contributed by atoms with van der Waals surface area (Å²) < 4.78 is 91.4. The van der Waals surface area contributed by atoms with Gasteiger partial charge in [-0.15, -0.1) is 0 Å². The van der Waals surface area contributed by atoms with Crippen LogP contribution in [0, 0.1) is 0 Å². The number of phosphoric acid groups is 2. The molecule has 0 aromatic carbocycles. The fraction of sp³-hybridized carbons (Fsp3) is 0.500. The number of H-pyrrole nitrogens is 1. The highest BCUT2D eigenvalue weighted by molar-refractivity contribution is 7.47. The molecular formula is C20H22F2N10O11P2. The average Bonchev–Trinajstić information content (AvgIpc) is 3.72. The van der Waals surface area contributed by atoms with E-state index in [1.165, 1.54) is 0 Å². The lowest BCUT2D eigenvalue weighted by atomic mass is 10.1. The molecule has 21 nitrogen and oxygen atoms in total. The zero-order valence-corrected chi connectivity index (χ0v) is 24.1. The summed E-state index contributed by atoms with van der Waals surface area (Å²) in [6.45, 7) is -1.98. The minimum Gasteiger partial charge on any atom is -0.382 e. The van der Waals surface area contributed by atoms with Gasteiger partial charge in [-0.2, -0.15) is 4.98 Å². The molecule has 0 radical (unpaired) electrons. The van der Waals surface area contributed by atoms with Crippen LogP contribution in [-0.4, -0.2) is 98.8 Å². The predicted molar refractivity (Wildman–Crippen MR) is 141 cm³/mol. The van der Waals surface area contributed by atoms with Crippen molar-refractivity contribution in [1.29, 1.82) is 0 Å². The molecular weight excluding hydrogens is 656 g/mol. The Balaban J connectivity index is 1.23. The third kappa shape index (κ3) is 5.29. The minimum absolute atomic E-state index is 0.0253. The number of aromatic nitrogens is 8. The number of fused-ring (bicyclic) bond motifs is 6. The van der Waals surface area contributed by atoms with Crippen molar-refractivity contribution in [3.8, 4) is 0 Å². The van der Waals surface area contributed by atoms with Crippen LogP contribution in [0.4, 0.5) is 20.5 Å². The van der Waals surface area contributed by atoms with Gasteiger partial charge in [-0.05, 0) is 0 Å². The summed E-state index contributed by atoms with van der Waals surface area (Å²) in [6, 6.07) is 0. The van der Waals surface area contributed by atoms with Crippen LogP contribution < -0.4 is 17.0 Å². The van der Waals surface area contributed by atoms with Crippen molar-refractivity contribution < 1.29 is 55.3 Å². The second kappa shape index (κ2) is 10.8.